The normalized spacial score (nSPS) is 10.1. The summed E-state index contributed by atoms with van der Waals surface area (Å²) in [5.41, 5.74) is 0.271. The molecule has 1 aromatic heterocycles. The third-order valence-electron chi connectivity index (χ3n) is 2.58. The highest BCUT2D eigenvalue weighted by molar-refractivity contribution is 6.02. The number of carbonyl (C=O) groups is 1. The van der Waals surface area contributed by atoms with Crippen molar-refractivity contribution in [3.05, 3.63) is 62.1 Å². The Morgan fingerprint density at radius 1 is 1.35 bits per heavy atom. The lowest BCUT2D eigenvalue weighted by molar-refractivity contribution is -0.385. The van der Waals surface area contributed by atoms with Crippen LogP contribution in [0.2, 0.25) is 0 Å². The molecule has 0 saturated heterocycles. The molecule has 8 heteroatoms. The Morgan fingerprint density at radius 2 is 2.10 bits per heavy atom. The highest BCUT2D eigenvalue weighted by Crippen LogP contribution is 2.22. The molecule has 0 spiro atoms. The number of H-pyrrole nitrogens is 1. The van der Waals surface area contributed by atoms with Crippen molar-refractivity contribution < 1.29 is 9.72 Å². The molecule has 0 fully saturated rings. The van der Waals surface area contributed by atoms with E-state index in [0.29, 0.717) is 5.56 Å². The van der Waals surface area contributed by atoms with Gasteiger partial charge in [-0.05, 0) is 19.1 Å². The van der Waals surface area contributed by atoms with Gasteiger partial charge in [0.05, 0.1) is 4.92 Å². The van der Waals surface area contributed by atoms with Crippen molar-refractivity contribution in [2.24, 2.45) is 0 Å². The minimum Gasteiger partial charge on any atom is -0.320 e. The highest BCUT2D eigenvalue weighted by atomic mass is 16.6. The number of rotatable bonds is 3. The second-order valence-corrected chi connectivity index (χ2v) is 4.02. The zero-order chi connectivity index (χ0) is 14.7. The Bertz CT molecular complexity index is 718. The molecular weight excluding hydrogens is 264 g/mol. The number of nitrogens with one attached hydrogen (secondary N) is 2. The number of anilines is 1. The highest BCUT2D eigenvalue weighted by Gasteiger charge is 2.13. The summed E-state index contributed by atoms with van der Waals surface area (Å²) >= 11 is 0. The molecule has 0 aliphatic heterocycles. The van der Waals surface area contributed by atoms with E-state index in [-0.39, 0.29) is 17.1 Å². The summed E-state index contributed by atoms with van der Waals surface area (Å²) in [5.74, 6) is -0.570. The maximum Gasteiger partial charge on any atom is 0.276 e. The monoisotopic (exact) mass is 274 g/mol. The van der Waals surface area contributed by atoms with Crippen LogP contribution >= 0.6 is 0 Å². The van der Waals surface area contributed by atoms with Crippen LogP contribution in [0.25, 0.3) is 0 Å². The number of aromatic nitrogens is 2. The van der Waals surface area contributed by atoms with Gasteiger partial charge in [-0.1, -0.05) is 6.07 Å². The molecule has 2 rings (SSSR count). The van der Waals surface area contributed by atoms with Crippen LogP contribution in [0.15, 0.2) is 35.1 Å². The van der Waals surface area contributed by atoms with E-state index in [9.17, 15) is 19.7 Å². The number of nitro benzene ring substituents is 1. The molecule has 0 unspecified atom stereocenters. The van der Waals surface area contributed by atoms with Crippen LogP contribution < -0.4 is 10.9 Å². The van der Waals surface area contributed by atoms with Crippen LogP contribution in [0.4, 0.5) is 11.4 Å². The van der Waals surface area contributed by atoms with Gasteiger partial charge in [-0.3, -0.25) is 19.7 Å². The van der Waals surface area contributed by atoms with E-state index in [1.807, 2.05) is 0 Å². The zero-order valence-electron chi connectivity index (χ0n) is 10.4. The van der Waals surface area contributed by atoms with Crippen molar-refractivity contribution in [1.29, 1.82) is 0 Å². The van der Waals surface area contributed by atoms with Crippen LogP contribution in [0, 0.1) is 17.0 Å². The summed E-state index contributed by atoms with van der Waals surface area (Å²) in [5, 5.41) is 19.0. The van der Waals surface area contributed by atoms with Gasteiger partial charge in [-0.15, -0.1) is 0 Å². The third kappa shape index (κ3) is 2.86. The Balaban J connectivity index is 2.24. The largest absolute Gasteiger partial charge is 0.320 e. The Kier molecular flexibility index (Phi) is 3.56. The standard InChI is InChI=1S/C12H10N4O4/c1-7-2-3-8(6-10(7)16(19)20)13-12(18)9-4-5-11(17)15-14-9/h2-6H,1H3,(H,13,18)(H,15,17). The lowest BCUT2D eigenvalue weighted by Gasteiger charge is -2.05. The predicted molar refractivity (Wildman–Crippen MR) is 70.6 cm³/mol. The Hall–Kier alpha value is -3.03. The fraction of sp³-hybridized carbons (Fsp3) is 0.0833. The van der Waals surface area contributed by atoms with Crippen LogP contribution in [-0.4, -0.2) is 21.0 Å². The van der Waals surface area contributed by atoms with Crippen molar-refractivity contribution in [2.75, 3.05) is 5.32 Å². The fourth-order valence-corrected chi connectivity index (χ4v) is 1.55. The Labute approximate surface area is 112 Å². The molecule has 1 heterocycles. The number of amides is 1. The summed E-state index contributed by atoms with van der Waals surface area (Å²) in [6.45, 7) is 1.60. The van der Waals surface area contributed by atoms with Crippen LogP contribution in [0.1, 0.15) is 16.1 Å². The Morgan fingerprint density at radius 3 is 2.70 bits per heavy atom. The third-order valence-corrected chi connectivity index (χ3v) is 2.58. The molecule has 0 atom stereocenters. The molecule has 1 aromatic carbocycles. The topological polar surface area (TPSA) is 118 Å². The molecule has 2 N–H and O–H groups in total. The molecule has 20 heavy (non-hydrogen) atoms. The number of aromatic amines is 1. The van der Waals surface area contributed by atoms with Crippen molar-refractivity contribution in [3.8, 4) is 0 Å². The van der Waals surface area contributed by atoms with E-state index in [0.717, 1.165) is 0 Å². The first kappa shape index (κ1) is 13.4. The van der Waals surface area contributed by atoms with E-state index in [1.54, 1.807) is 13.0 Å². The summed E-state index contributed by atoms with van der Waals surface area (Å²) < 4.78 is 0. The number of benzene rings is 1. The molecule has 0 bridgehead atoms. The fourth-order valence-electron chi connectivity index (χ4n) is 1.55. The van der Waals surface area contributed by atoms with Crippen LogP contribution in [-0.2, 0) is 0 Å². The second kappa shape index (κ2) is 5.31. The smallest absolute Gasteiger partial charge is 0.276 e. The molecule has 102 valence electrons. The van der Waals surface area contributed by atoms with Crippen LogP contribution in [0.5, 0.6) is 0 Å². The van der Waals surface area contributed by atoms with Gasteiger partial charge < -0.3 is 5.32 Å². The number of hydrogen-bond acceptors (Lipinski definition) is 5. The van der Waals surface area contributed by atoms with Gasteiger partial charge in [0.15, 0.2) is 0 Å². The number of carbonyl (C=O) groups excluding carboxylic acids is 1. The molecule has 0 aliphatic carbocycles. The predicted octanol–water partition coefficient (Wildman–Crippen LogP) is 1.24. The van der Waals surface area contributed by atoms with Gasteiger partial charge in [0, 0.05) is 23.4 Å². The van der Waals surface area contributed by atoms with E-state index in [2.05, 4.69) is 15.5 Å². The molecule has 0 aliphatic rings. The molecule has 8 nitrogen and oxygen atoms in total. The van der Waals surface area contributed by atoms with Gasteiger partial charge in [0.1, 0.15) is 5.69 Å². The van der Waals surface area contributed by atoms with Crippen LogP contribution in [0.3, 0.4) is 0 Å². The van der Waals surface area contributed by atoms with E-state index < -0.39 is 16.4 Å². The van der Waals surface area contributed by atoms with Gasteiger partial charge in [0.25, 0.3) is 17.2 Å². The summed E-state index contributed by atoms with van der Waals surface area (Å²) in [6.07, 6.45) is 0. The quantitative estimate of drug-likeness (QED) is 0.644. The number of nitrogens with zero attached hydrogens (tertiary/aromatic N) is 2. The second-order valence-electron chi connectivity index (χ2n) is 4.02. The SMILES string of the molecule is Cc1ccc(NC(=O)c2ccc(=O)[nH]n2)cc1[N+](=O)[O-]. The molecule has 2 aromatic rings. The van der Waals surface area contributed by atoms with E-state index in [1.165, 1.54) is 24.3 Å². The van der Waals surface area contributed by atoms with Gasteiger partial charge in [-0.2, -0.15) is 5.10 Å². The van der Waals surface area contributed by atoms with E-state index in [4.69, 9.17) is 0 Å². The van der Waals surface area contributed by atoms with Crippen molar-refractivity contribution >= 4 is 17.3 Å². The summed E-state index contributed by atoms with van der Waals surface area (Å²) in [7, 11) is 0. The molecule has 0 saturated carbocycles. The van der Waals surface area contributed by atoms with Crippen molar-refractivity contribution in [2.45, 2.75) is 6.92 Å². The molecule has 0 radical (unpaired) electrons. The van der Waals surface area contributed by atoms with E-state index >= 15 is 0 Å². The van der Waals surface area contributed by atoms with Crippen molar-refractivity contribution in [1.82, 2.24) is 10.2 Å². The molecule has 1 amide bonds. The average Bonchev–Trinajstić information content (AvgIpc) is 2.41. The minimum atomic E-state index is -0.570. The maximum absolute atomic E-state index is 11.8. The van der Waals surface area contributed by atoms with Gasteiger partial charge >= 0.3 is 0 Å². The number of nitro groups is 1. The first-order valence-corrected chi connectivity index (χ1v) is 5.59. The number of aryl methyl sites for hydroxylation is 1. The maximum atomic E-state index is 11.8. The zero-order valence-corrected chi connectivity index (χ0v) is 10.4. The van der Waals surface area contributed by atoms with Gasteiger partial charge in [-0.25, -0.2) is 5.10 Å². The summed E-state index contributed by atoms with van der Waals surface area (Å²) in [6, 6.07) is 6.77. The average molecular weight is 274 g/mol. The first-order valence-electron chi connectivity index (χ1n) is 5.59. The van der Waals surface area contributed by atoms with Crippen molar-refractivity contribution in [3.63, 3.8) is 0 Å². The minimum absolute atomic E-state index is 0.00725. The van der Waals surface area contributed by atoms with Gasteiger partial charge in [0.2, 0.25) is 0 Å². The first-order chi connectivity index (χ1) is 9.47. The number of hydrogen-bond donors (Lipinski definition) is 2. The lowest BCUT2D eigenvalue weighted by Crippen LogP contribution is -2.17. The lowest BCUT2D eigenvalue weighted by atomic mass is 10.2. The molecular formula is C12H10N4O4. The summed E-state index contributed by atoms with van der Waals surface area (Å²) in [4.78, 5) is 32.9.